The Morgan fingerprint density at radius 3 is 2.75 bits per heavy atom. The molecular formula is C16H18N2O5Se. The number of H-pyrrole nitrogens is 1. The van der Waals surface area contributed by atoms with Crippen LogP contribution in [-0.2, 0) is 4.74 Å². The molecule has 3 atom stereocenters. The number of aryl methyl sites for hydroxylation is 1. The molecule has 8 heteroatoms. The van der Waals surface area contributed by atoms with Gasteiger partial charge in [-0.05, 0) is 0 Å². The summed E-state index contributed by atoms with van der Waals surface area (Å²) in [6.07, 6.45) is -0.0603. The minimum atomic E-state index is -1.12. The molecule has 0 spiro atoms. The van der Waals surface area contributed by atoms with E-state index >= 15 is 0 Å². The molecule has 128 valence electrons. The average Bonchev–Trinajstić information content (AvgIpc) is 2.89. The van der Waals surface area contributed by atoms with Gasteiger partial charge in [0.15, 0.2) is 0 Å². The molecule has 1 aromatic heterocycles. The van der Waals surface area contributed by atoms with Crippen molar-refractivity contribution in [3.63, 3.8) is 0 Å². The minimum absolute atomic E-state index is 0.167. The second-order valence-corrected chi connectivity index (χ2v) is 8.55. The van der Waals surface area contributed by atoms with E-state index in [9.17, 15) is 19.8 Å². The molecule has 0 amide bonds. The van der Waals surface area contributed by atoms with Crippen LogP contribution in [0.5, 0.6) is 0 Å². The van der Waals surface area contributed by atoms with E-state index in [0.717, 1.165) is 4.46 Å². The summed E-state index contributed by atoms with van der Waals surface area (Å²) in [5, 5.41) is 20.4. The van der Waals surface area contributed by atoms with E-state index in [-0.39, 0.29) is 28.0 Å². The monoisotopic (exact) mass is 398 g/mol. The molecule has 1 fully saturated rings. The third kappa shape index (κ3) is 3.11. The zero-order chi connectivity index (χ0) is 17.3. The van der Waals surface area contributed by atoms with Crippen LogP contribution in [0.2, 0.25) is 0 Å². The van der Waals surface area contributed by atoms with Gasteiger partial charge in [0.05, 0.1) is 0 Å². The topological polar surface area (TPSA) is 105 Å². The Kier molecular flexibility index (Phi) is 4.76. The number of ether oxygens (including phenoxy) is 1. The van der Waals surface area contributed by atoms with Gasteiger partial charge in [-0.15, -0.1) is 0 Å². The number of aromatic amines is 1. The number of aliphatic hydroxyl groups is 2. The van der Waals surface area contributed by atoms with Crippen molar-refractivity contribution in [2.75, 3.05) is 6.61 Å². The molecule has 0 unspecified atom stereocenters. The summed E-state index contributed by atoms with van der Waals surface area (Å²) in [6.45, 7) is 1.24. The van der Waals surface area contributed by atoms with Gasteiger partial charge in [-0.25, -0.2) is 0 Å². The normalized spacial score (nSPS) is 26.6. The van der Waals surface area contributed by atoms with E-state index in [1.54, 1.807) is 6.92 Å². The number of rotatable bonds is 4. The third-order valence-electron chi connectivity index (χ3n) is 3.98. The number of hydrogen-bond donors (Lipinski definition) is 3. The second-order valence-electron chi connectivity index (χ2n) is 5.69. The molecule has 24 heavy (non-hydrogen) atoms. The third-order valence-corrected chi connectivity index (χ3v) is 6.81. The quantitative estimate of drug-likeness (QED) is 0.565. The van der Waals surface area contributed by atoms with Gasteiger partial charge < -0.3 is 0 Å². The fraction of sp³-hybridized carbons (Fsp3) is 0.375. The summed E-state index contributed by atoms with van der Waals surface area (Å²) in [5.74, 6) is 0. The Morgan fingerprint density at radius 1 is 1.38 bits per heavy atom. The van der Waals surface area contributed by atoms with Crippen LogP contribution in [0, 0.1) is 6.92 Å². The molecule has 7 nitrogen and oxygen atoms in total. The van der Waals surface area contributed by atoms with Crippen molar-refractivity contribution >= 4 is 19.4 Å². The Balaban J connectivity index is 1.92. The first kappa shape index (κ1) is 17.1. The summed E-state index contributed by atoms with van der Waals surface area (Å²) >= 11 is -0.349. The molecule has 2 aromatic rings. The molecule has 1 saturated heterocycles. The van der Waals surface area contributed by atoms with Gasteiger partial charge in [0.1, 0.15) is 0 Å². The molecule has 0 radical (unpaired) electrons. The Morgan fingerprint density at radius 2 is 2.08 bits per heavy atom. The van der Waals surface area contributed by atoms with E-state index in [2.05, 4.69) is 4.98 Å². The van der Waals surface area contributed by atoms with Crippen LogP contribution in [0.15, 0.2) is 46.1 Å². The zero-order valence-electron chi connectivity index (χ0n) is 13.0. The van der Waals surface area contributed by atoms with Crippen molar-refractivity contribution in [2.24, 2.45) is 0 Å². The van der Waals surface area contributed by atoms with Crippen molar-refractivity contribution in [3.8, 4) is 0 Å². The van der Waals surface area contributed by atoms with Gasteiger partial charge >= 0.3 is 144 Å². The molecule has 1 aliphatic rings. The van der Waals surface area contributed by atoms with Crippen LogP contribution in [0.3, 0.4) is 0 Å². The van der Waals surface area contributed by atoms with Crippen LogP contribution in [-0.4, -0.2) is 51.9 Å². The van der Waals surface area contributed by atoms with Gasteiger partial charge in [0.25, 0.3) is 0 Å². The van der Waals surface area contributed by atoms with Crippen LogP contribution < -0.4 is 15.7 Å². The van der Waals surface area contributed by atoms with Crippen molar-refractivity contribution in [1.29, 1.82) is 0 Å². The summed E-state index contributed by atoms with van der Waals surface area (Å²) in [7, 11) is 0. The maximum atomic E-state index is 12.0. The fourth-order valence-electron chi connectivity index (χ4n) is 2.65. The van der Waals surface area contributed by atoms with Crippen LogP contribution in [0.25, 0.3) is 0 Å². The van der Waals surface area contributed by atoms with Crippen molar-refractivity contribution < 1.29 is 14.9 Å². The maximum absolute atomic E-state index is 12.0. The molecular weight excluding hydrogens is 379 g/mol. The Labute approximate surface area is 144 Å². The number of hydrogen-bond acceptors (Lipinski definition) is 5. The summed E-state index contributed by atoms with van der Waals surface area (Å²) < 4.78 is 7.06. The zero-order valence-corrected chi connectivity index (χ0v) is 14.7. The molecule has 1 aliphatic heterocycles. The fourth-order valence-corrected chi connectivity index (χ4v) is 5.06. The van der Waals surface area contributed by atoms with Crippen molar-refractivity contribution in [3.05, 3.63) is 62.9 Å². The van der Waals surface area contributed by atoms with Gasteiger partial charge in [0.2, 0.25) is 0 Å². The summed E-state index contributed by atoms with van der Waals surface area (Å²) in [5.41, 5.74) is -0.664. The Bertz CT molecular complexity index is 834. The molecule has 3 rings (SSSR count). The van der Waals surface area contributed by atoms with Crippen LogP contribution in [0.1, 0.15) is 18.2 Å². The standard InChI is InChI=1S/C16H18N2O5Se/c1-10-8-18(15(22)17-14(10)21)13-7-12(20)16(9-19,23-13)24-11-5-3-2-4-6-11/h2-6,8,12-13,19-20H,7,9H2,1H3,(H,17,21,22)/t12-,13-,16+/m1/s1. The summed E-state index contributed by atoms with van der Waals surface area (Å²) in [4.78, 5) is 25.8. The summed E-state index contributed by atoms with van der Waals surface area (Å²) in [6, 6.07) is 9.49. The predicted octanol–water partition coefficient (Wildman–Crippen LogP) is -1.16. The molecule has 1 aromatic carbocycles. The number of benzene rings is 1. The van der Waals surface area contributed by atoms with Gasteiger partial charge in [-0.2, -0.15) is 0 Å². The van der Waals surface area contributed by atoms with Gasteiger partial charge in [-0.3, -0.25) is 0 Å². The average molecular weight is 397 g/mol. The van der Waals surface area contributed by atoms with Gasteiger partial charge in [-0.1, -0.05) is 0 Å². The first-order valence-electron chi connectivity index (χ1n) is 7.48. The number of nitrogens with one attached hydrogen (secondary N) is 1. The van der Waals surface area contributed by atoms with E-state index in [1.165, 1.54) is 10.8 Å². The first-order valence-corrected chi connectivity index (χ1v) is 9.19. The Hall–Kier alpha value is -1.70. The van der Waals surface area contributed by atoms with Crippen molar-refractivity contribution in [2.45, 2.75) is 30.2 Å². The number of aromatic nitrogens is 2. The van der Waals surface area contributed by atoms with Gasteiger partial charge in [0, 0.05) is 0 Å². The molecule has 0 bridgehead atoms. The van der Waals surface area contributed by atoms with E-state index in [0.29, 0.717) is 5.56 Å². The van der Waals surface area contributed by atoms with Crippen LogP contribution in [0.4, 0.5) is 0 Å². The SMILES string of the molecule is Cc1cn([C@H]2C[C@@H](O)[C@](CO)([Se]c3ccccc3)O2)c(=O)[nH]c1=O. The van der Waals surface area contributed by atoms with Crippen LogP contribution >= 0.6 is 0 Å². The molecule has 0 saturated carbocycles. The number of aliphatic hydroxyl groups excluding tert-OH is 2. The van der Waals surface area contributed by atoms with Crippen molar-refractivity contribution in [1.82, 2.24) is 9.55 Å². The van der Waals surface area contributed by atoms with E-state index in [4.69, 9.17) is 4.74 Å². The molecule has 0 aliphatic carbocycles. The number of nitrogens with zero attached hydrogens (tertiary/aromatic N) is 1. The van der Waals surface area contributed by atoms with E-state index in [1.807, 2.05) is 30.3 Å². The first-order chi connectivity index (χ1) is 11.4. The predicted molar refractivity (Wildman–Crippen MR) is 88.5 cm³/mol. The van der Waals surface area contributed by atoms with E-state index < -0.39 is 28.1 Å². The molecule has 2 heterocycles. The molecule has 3 N–H and O–H groups in total. The second kappa shape index (κ2) is 6.66.